The fourth-order valence-electron chi connectivity index (χ4n) is 6.31. The molecule has 8 rings (SSSR count). The van der Waals surface area contributed by atoms with E-state index in [9.17, 15) is 9.59 Å². The number of thiazole rings is 2. The molecule has 2 amide bonds. The second-order valence-electron chi connectivity index (χ2n) is 15.5. The maximum Gasteiger partial charge on any atom is 0.230 e. The molecule has 0 aliphatic carbocycles. The topological polar surface area (TPSA) is 112 Å². The van der Waals surface area contributed by atoms with E-state index < -0.39 is 10.8 Å². The van der Waals surface area contributed by atoms with E-state index in [2.05, 4.69) is 52.0 Å². The molecular formula is C45H40N6O2S2. The quantitative estimate of drug-likeness (QED) is 0.157. The number of aromatic nitrogens is 3. The van der Waals surface area contributed by atoms with Gasteiger partial charge in [-0.15, -0.1) is 22.7 Å². The number of amides is 2. The van der Waals surface area contributed by atoms with Crippen molar-refractivity contribution in [1.82, 2.24) is 20.3 Å². The average Bonchev–Trinajstić information content (AvgIpc) is 3.94. The zero-order valence-electron chi connectivity index (χ0n) is 31.4. The lowest BCUT2D eigenvalue weighted by Gasteiger charge is -2.18. The molecule has 0 unspecified atom stereocenters. The predicted molar refractivity (Wildman–Crippen MR) is 229 cm³/mol. The maximum atomic E-state index is 13.7. The van der Waals surface area contributed by atoms with E-state index in [1.165, 1.54) is 0 Å². The molecule has 7 aromatic rings. The minimum absolute atomic E-state index is 0.135. The van der Waals surface area contributed by atoms with E-state index in [1.54, 1.807) is 22.7 Å². The monoisotopic (exact) mass is 760 g/mol. The van der Waals surface area contributed by atoms with Crippen LogP contribution in [-0.2, 0) is 9.59 Å². The average molecular weight is 761 g/mol. The molecule has 0 fully saturated rings. The summed E-state index contributed by atoms with van der Waals surface area (Å²) in [5, 5.41) is 7.92. The number of hydrogen-bond acceptors (Lipinski definition) is 7. The predicted octanol–water partition coefficient (Wildman–Crippen LogP) is 11.1. The molecule has 4 aromatic carbocycles. The molecule has 0 saturated heterocycles. The zero-order valence-corrected chi connectivity index (χ0v) is 33.1. The van der Waals surface area contributed by atoms with Gasteiger partial charge in [-0.05, 0) is 41.5 Å². The van der Waals surface area contributed by atoms with Crippen molar-refractivity contribution in [2.75, 3.05) is 5.32 Å². The Kier molecular flexibility index (Phi) is 9.19. The van der Waals surface area contributed by atoms with E-state index in [0.717, 1.165) is 69.5 Å². The Labute approximate surface area is 327 Å². The van der Waals surface area contributed by atoms with Crippen molar-refractivity contribution >= 4 is 83.8 Å². The van der Waals surface area contributed by atoms with Crippen LogP contribution in [0.4, 0.5) is 5.82 Å². The molecule has 8 nitrogen and oxygen atoms in total. The van der Waals surface area contributed by atoms with Gasteiger partial charge in [-0.25, -0.2) is 15.0 Å². The van der Waals surface area contributed by atoms with Gasteiger partial charge < -0.3 is 15.6 Å². The number of aliphatic imine (C=N–C) groups is 1. The molecular weight excluding hydrogens is 721 g/mol. The molecule has 10 heteroatoms. The number of fused-ring (bicyclic) bond motifs is 2. The van der Waals surface area contributed by atoms with Crippen molar-refractivity contribution in [1.29, 1.82) is 0 Å². The van der Waals surface area contributed by atoms with Crippen molar-refractivity contribution in [3.05, 3.63) is 131 Å². The van der Waals surface area contributed by atoms with Gasteiger partial charge in [0.05, 0.1) is 43.0 Å². The first-order valence-electron chi connectivity index (χ1n) is 18.1. The van der Waals surface area contributed by atoms with Gasteiger partial charge in [-0.2, -0.15) is 0 Å². The first-order chi connectivity index (χ1) is 26.3. The fourth-order valence-corrected chi connectivity index (χ4v) is 8.35. The highest BCUT2D eigenvalue weighted by Crippen LogP contribution is 2.47. The lowest BCUT2D eigenvalue weighted by atomic mass is 9.94. The van der Waals surface area contributed by atoms with Gasteiger partial charge in [-0.1, -0.05) is 126 Å². The number of rotatable bonds is 6. The highest BCUT2D eigenvalue weighted by atomic mass is 32.1. The number of para-hydroxylation sites is 2. The second kappa shape index (κ2) is 14.0. The number of benzene rings is 4. The van der Waals surface area contributed by atoms with Crippen molar-refractivity contribution in [2.24, 2.45) is 15.8 Å². The van der Waals surface area contributed by atoms with Crippen LogP contribution in [0.1, 0.15) is 57.8 Å². The van der Waals surface area contributed by atoms with Crippen LogP contribution in [0, 0.1) is 10.8 Å². The van der Waals surface area contributed by atoms with Gasteiger partial charge in [0, 0.05) is 22.0 Å². The van der Waals surface area contributed by atoms with E-state index in [0.29, 0.717) is 17.4 Å². The number of nitrogens with zero attached hydrogens (tertiary/aromatic N) is 3. The maximum absolute atomic E-state index is 13.7. The van der Waals surface area contributed by atoms with Crippen LogP contribution in [0.3, 0.4) is 0 Å². The third-order valence-electron chi connectivity index (χ3n) is 9.26. The van der Waals surface area contributed by atoms with Gasteiger partial charge in [0.1, 0.15) is 21.7 Å². The number of anilines is 1. The smallest absolute Gasteiger partial charge is 0.230 e. The Morgan fingerprint density at radius 1 is 0.600 bits per heavy atom. The Hall–Kier alpha value is -5.97. The Morgan fingerprint density at radius 2 is 1.11 bits per heavy atom. The number of amidine groups is 1. The van der Waals surface area contributed by atoms with Crippen LogP contribution >= 0.6 is 22.7 Å². The van der Waals surface area contributed by atoms with Crippen LogP contribution in [0.5, 0.6) is 0 Å². The van der Waals surface area contributed by atoms with Crippen LogP contribution in [0.2, 0.25) is 0 Å². The molecule has 1 aliphatic heterocycles. The number of carbonyl (C=O) groups is 2. The van der Waals surface area contributed by atoms with E-state index >= 15 is 0 Å². The summed E-state index contributed by atoms with van der Waals surface area (Å²) in [7, 11) is 0. The molecule has 55 heavy (non-hydrogen) atoms. The lowest BCUT2D eigenvalue weighted by molar-refractivity contribution is -0.127. The minimum Gasteiger partial charge on any atom is -0.341 e. The zero-order chi connectivity index (χ0) is 38.5. The van der Waals surface area contributed by atoms with E-state index in [1.807, 2.05) is 120 Å². The molecule has 274 valence electrons. The Bertz CT molecular complexity index is 2640. The molecule has 0 radical (unpaired) electrons. The summed E-state index contributed by atoms with van der Waals surface area (Å²) >= 11 is 3.14. The van der Waals surface area contributed by atoms with Gasteiger partial charge in [0.2, 0.25) is 11.8 Å². The van der Waals surface area contributed by atoms with Crippen molar-refractivity contribution in [3.8, 4) is 21.7 Å². The Morgan fingerprint density at radius 3 is 1.69 bits per heavy atom. The summed E-state index contributed by atoms with van der Waals surface area (Å²) in [5.74, 6) is 0.687. The lowest BCUT2D eigenvalue weighted by Crippen LogP contribution is -2.39. The molecule has 3 N–H and O–H groups in total. The third-order valence-corrected chi connectivity index (χ3v) is 11.4. The van der Waals surface area contributed by atoms with Crippen molar-refractivity contribution in [3.63, 3.8) is 0 Å². The van der Waals surface area contributed by atoms with Crippen LogP contribution in [0.15, 0.2) is 120 Å². The van der Waals surface area contributed by atoms with Crippen LogP contribution in [0.25, 0.3) is 59.4 Å². The summed E-state index contributed by atoms with van der Waals surface area (Å²) in [4.78, 5) is 46.4. The summed E-state index contributed by atoms with van der Waals surface area (Å²) in [6.07, 6.45) is 2.01. The van der Waals surface area contributed by atoms with Gasteiger partial charge in [0.15, 0.2) is 0 Å². The summed E-state index contributed by atoms with van der Waals surface area (Å²) in [5.41, 5.74) is 6.88. The fraction of sp³-hybridized carbons (Fsp3) is 0.178. The summed E-state index contributed by atoms with van der Waals surface area (Å²) in [6, 6.07) is 36.3. The molecule has 4 heterocycles. The minimum atomic E-state index is -0.674. The molecule has 3 aromatic heterocycles. The van der Waals surface area contributed by atoms with Crippen molar-refractivity contribution in [2.45, 2.75) is 41.5 Å². The molecule has 0 saturated carbocycles. The third kappa shape index (κ3) is 7.06. The number of hydrogen-bond donors (Lipinski definition) is 3. The number of carbonyl (C=O) groups excluding carboxylic acids is 2. The standard InChI is InChI=1S/C45H40N6O2S2/c1-44(2,3)42(52)50-38-36(40-48-28-21-13-15-23-32(28)54-40)34(26-17-9-7-10-18-26)30(46-38)25-31-35(27-19-11-8-12-20-27)37(39(47-31)51-43(53)45(4,5)6)41-49-29-22-14-16-24-33(29)55-41/h7-25,46H,1-6H3,(H,50,52)(H,47,51,53). The molecule has 0 atom stereocenters. The molecule has 0 spiro atoms. The van der Waals surface area contributed by atoms with E-state index in [4.69, 9.17) is 15.0 Å². The first kappa shape index (κ1) is 36.0. The molecule has 0 bridgehead atoms. The van der Waals surface area contributed by atoms with Gasteiger partial charge in [-0.3, -0.25) is 9.59 Å². The van der Waals surface area contributed by atoms with Gasteiger partial charge >= 0.3 is 0 Å². The highest BCUT2D eigenvalue weighted by Gasteiger charge is 2.34. The summed E-state index contributed by atoms with van der Waals surface area (Å²) in [6.45, 7) is 11.3. The number of H-pyrrole nitrogens is 1. The van der Waals surface area contributed by atoms with Crippen LogP contribution < -0.4 is 10.6 Å². The largest absolute Gasteiger partial charge is 0.341 e. The SMILES string of the molecule is CC(C)(C)C(=O)NC1=NC(=Cc2[nH]c(NC(=O)C(C)(C)C)c(-c3nc4ccccc4s3)c2-c2ccccc2)C(c2ccccc2)=C1c1nc2ccccc2s1. The summed E-state index contributed by atoms with van der Waals surface area (Å²) < 4.78 is 2.08. The first-order valence-corrected chi connectivity index (χ1v) is 19.8. The van der Waals surface area contributed by atoms with Crippen molar-refractivity contribution < 1.29 is 9.59 Å². The van der Waals surface area contributed by atoms with Crippen LogP contribution in [-0.4, -0.2) is 32.6 Å². The van der Waals surface area contributed by atoms with E-state index in [-0.39, 0.29) is 11.8 Å². The Balaban J connectivity index is 1.43. The second-order valence-corrected chi connectivity index (χ2v) is 17.6. The number of allylic oxidation sites excluding steroid dienone is 1. The molecule has 1 aliphatic rings. The van der Waals surface area contributed by atoms with Gasteiger partial charge in [0.25, 0.3) is 0 Å². The number of aromatic amines is 1. The normalized spacial score (nSPS) is 14.2. The number of nitrogens with one attached hydrogen (secondary N) is 3. The highest BCUT2D eigenvalue weighted by molar-refractivity contribution is 7.21.